The second-order valence-electron chi connectivity index (χ2n) is 7.56. The van der Waals surface area contributed by atoms with Crippen molar-refractivity contribution in [2.75, 3.05) is 30.4 Å². The highest BCUT2D eigenvalue weighted by Crippen LogP contribution is 2.37. The minimum absolute atomic E-state index is 0.148. The fourth-order valence-electron chi connectivity index (χ4n) is 3.74. The lowest BCUT2D eigenvalue weighted by atomic mass is 10.1. The Hall–Kier alpha value is -3.59. The van der Waals surface area contributed by atoms with Crippen LogP contribution in [-0.4, -0.2) is 40.1 Å². The predicted molar refractivity (Wildman–Crippen MR) is 128 cm³/mol. The highest BCUT2D eigenvalue weighted by Gasteiger charge is 2.32. The van der Waals surface area contributed by atoms with Gasteiger partial charge in [0.1, 0.15) is 18.0 Å². The number of benzene rings is 2. The summed E-state index contributed by atoms with van der Waals surface area (Å²) in [4.78, 5) is 17.0. The zero-order valence-corrected chi connectivity index (χ0v) is 20.1. The summed E-state index contributed by atoms with van der Waals surface area (Å²) in [6, 6.07) is 11.7. The van der Waals surface area contributed by atoms with Crippen LogP contribution in [0.5, 0.6) is 11.5 Å². The number of rotatable bonds is 8. The van der Waals surface area contributed by atoms with E-state index in [1.807, 2.05) is 6.92 Å². The molecule has 0 aliphatic heterocycles. The van der Waals surface area contributed by atoms with Crippen molar-refractivity contribution >= 4 is 27.3 Å². The van der Waals surface area contributed by atoms with Gasteiger partial charge < -0.3 is 14.8 Å². The Kier molecular flexibility index (Phi) is 7.23. The summed E-state index contributed by atoms with van der Waals surface area (Å²) >= 11 is 0. The molecule has 1 heterocycles. The fraction of sp³-hybridized carbons (Fsp3) is 0.250. The first-order valence-electron chi connectivity index (χ1n) is 10.2. The quantitative estimate of drug-likeness (QED) is 0.538. The average molecular weight is 470 g/mol. The topological polar surface area (TPSA) is 97.8 Å². The number of aryl methyl sites for hydroxylation is 3. The number of aromatic nitrogens is 1. The maximum Gasteiger partial charge on any atom is 0.265 e. The summed E-state index contributed by atoms with van der Waals surface area (Å²) in [5.74, 6) is 0.202. The van der Waals surface area contributed by atoms with Gasteiger partial charge in [0.15, 0.2) is 0 Å². The second-order valence-corrected chi connectivity index (χ2v) is 9.36. The molecule has 3 rings (SSSR count). The number of amides is 1. The standard InChI is InChI=1S/C24H27N3O5S/c1-16-12-17(2)24(18(3)13-16)33(29,30)27(15-23(28)26-19-8-10-25-11-9-19)21-14-20(31-4)6-7-22(21)32-5/h6-14H,15H2,1-5H3,(H,25,26,28). The van der Waals surface area contributed by atoms with E-state index in [-0.39, 0.29) is 10.6 Å². The Labute approximate surface area is 194 Å². The third-order valence-corrected chi connectivity index (χ3v) is 7.12. The zero-order chi connectivity index (χ0) is 24.2. The number of pyridine rings is 1. The predicted octanol–water partition coefficient (Wildman–Crippen LogP) is 3.86. The average Bonchev–Trinajstić information content (AvgIpc) is 2.76. The first-order chi connectivity index (χ1) is 15.7. The SMILES string of the molecule is COc1ccc(OC)c(N(CC(=O)Nc2ccncc2)S(=O)(=O)c2c(C)cc(C)cc2C)c1. The molecular formula is C24H27N3O5S. The van der Waals surface area contributed by atoms with E-state index in [1.165, 1.54) is 32.7 Å². The molecule has 174 valence electrons. The molecule has 0 aliphatic carbocycles. The summed E-state index contributed by atoms with van der Waals surface area (Å²) in [5.41, 5.74) is 2.83. The van der Waals surface area contributed by atoms with Gasteiger partial charge in [-0.05, 0) is 56.2 Å². The minimum atomic E-state index is -4.15. The number of sulfonamides is 1. The van der Waals surface area contributed by atoms with Gasteiger partial charge in [0, 0.05) is 24.1 Å². The Balaban J connectivity index is 2.14. The zero-order valence-electron chi connectivity index (χ0n) is 19.2. The van der Waals surface area contributed by atoms with E-state index in [4.69, 9.17) is 9.47 Å². The van der Waals surface area contributed by atoms with Gasteiger partial charge in [-0.1, -0.05) is 17.7 Å². The molecule has 1 aromatic heterocycles. The van der Waals surface area contributed by atoms with Crippen LogP contribution in [0.3, 0.4) is 0 Å². The van der Waals surface area contributed by atoms with Gasteiger partial charge >= 0.3 is 0 Å². The molecule has 0 aliphatic rings. The van der Waals surface area contributed by atoms with Crippen LogP contribution in [0.1, 0.15) is 16.7 Å². The van der Waals surface area contributed by atoms with Crippen LogP contribution < -0.4 is 19.1 Å². The first-order valence-corrected chi connectivity index (χ1v) is 11.6. The van der Waals surface area contributed by atoms with E-state index in [0.29, 0.717) is 28.3 Å². The molecule has 33 heavy (non-hydrogen) atoms. The molecule has 1 N–H and O–H groups in total. The van der Waals surface area contributed by atoms with E-state index in [1.54, 1.807) is 50.2 Å². The fourth-order valence-corrected chi connectivity index (χ4v) is 5.58. The Morgan fingerprint density at radius 1 is 0.970 bits per heavy atom. The molecule has 0 unspecified atom stereocenters. The summed E-state index contributed by atoms with van der Waals surface area (Å²) in [6.07, 6.45) is 3.07. The summed E-state index contributed by atoms with van der Waals surface area (Å²) < 4.78 is 39.8. The van der Waals surface area contributed by atoms with E-state index in [0.717, 1.165) is 9.87 Å². The molecule has 0 fully saturated rings. The largest absolute Gasteiger partial charge is 0.497 e. The van der Waals surface area contributed by atoms with Crippen LogP contribution in [0.4, 0.5) is 11.4 Å². The highest BCUT2D eigenvalue weighted by atomic mass is 32.2. The number of carbonyl (C=O) groups is 1. The molecule has 0 radical (unpaired) electrons. The van der Waals surface area contributed by atoms with Crippen molar-refractivity contribution in [3.8, 4) is 11.5 Å². The van der Waals surface area contributed by atoms with Gasteiger partial charge in [-0.15, -0.1) is 0 Å². The lowest BCUT2D eigenvalue weighted by molar-refractivity contribution is -0.114. The van der Waals surface area contributed by atoms with Crippen molar-refractivity contribution in [2.24, 2.45) is 0 Å². The van der Waals surface area contributed by atoms with Gasteiger partial charge in [-0.25, -0.2) is 8.42 Å². The number of hydrogen-bond donors (Lipinski definition) is 1. The first kappa shape index (κ1) is 24.1. The van der Waals surface area contributed by atoms with Crippen molar-refractivity contribution in [1.82, 2.24) is 4.98 Å². The summed E-state index contributed by atoms with van der Waals surface area (Å²) in [6.45, 7) is 4.91. The third-order valence-electron chi connectivity index (χ3n) is 5.06. The van der Waals surface area contributed by atoms with E-state index in [9.17, 15) is 13.2 Å². The van der Waals surface area contributed by atoms with Crippen molar-refractivity contribution in [2.45, 2.75) is 25.7 Å². The normalized spacial score (nSPS) is 11.1. The number of ether oxygens (including phenoxy) is 2. The van der Waals surface area contributed by atoms with Gasteiger partial charge in [0.25, 0.3) is 10.0 Å². The second kappa shape index (κ2) is 9.91. The highest BCUT2D eigenvalue weighted by molar-refractivity contribution is 7.93. The monoisotopic (exact) mass is 469 g/mol. The van der Waals surface area contributed by atoms with Crippen LogP contribution >= 0.6 is 0 Å². The van der Waals surface area contributed by atoms with Crippen LogP contribution in [-0.2, 0) is 14.8 Å². The summed E-state index contributed by atoms with van der Waals surface area (Å²) in [5, 5.41) is 2.71. The molecule has 0 spiro atoms. The number of anilines is 2. The lowest BCUT2D eigenvalue weighted by Crippen LogP contribution is -2.39. The third kappa shape index (κ3) is 5.25. The molecular weight excluding hydrogens is 442 g/mol. The molecule has 0 saturated heterocycles. The van der Waals surface area contributed by atoms with Crippen LogP contribution in [0.2, 0.25) is 0 Å². The molecule has 2 aromatic carbocycles. The Morgan fingerprint density at radius 2 is 1.61 bits per heavy atom. The number of carbonyl (C=O) groups excluding carboxylic acids is 1. The van der Waals surface area contributed by atoms with E-state index >= 15 is 0 Å². The number of nitrogens with zero attached hydrogens (tertiary/aromatic N) is 2. The van der Waals surface area contributed by atoms with Crippen molar-refractivity contribution in [3.05, 3.63) is 71.5 Å². The molecule has 1 amide bonds. The lowest BCUT2D eigenvalue weighted by Gasteiger charge is -2.27. The van der Waals surface area contributed by atoms with E-state index < -0.39 is 22.5 Å². The number of methoxy groups -OCH3 is 2. The Bertz CT molecular complexity index is 1240. The van der Waals surface area contributed by atoms with Crippen molar-refractivity contribution in [3.63, 3.8) is 0 Å². The molecule has 0 atom stereocenters. The summed E-state index contributed by atoms with van der Waals surface area (Å²) in [7, 11) is -1.23. The number of nitrogens with one attached hydrogen (secondary N) is 1. The van der Waals surface area contributed by atoms with Gasteiger partial charge in [0.05, 0.1) is 24.8 Å². The van der Waals surface area contributed by atoms with Crippen LogP contribution in [0.15, 0.2) is 59.8 Å². The molecule has 8 nitrogen and oxygen atoms in total. The smallest absolute Gasteiger partial charge is 0.265 e. The van der Waals surface area contributed by atoms with Crippen molar-refractivity contribution in [1.29, 1.82) is 0 Å². The molecule has 0 bridgehead atoms. The molecule has 3 aromatic rings. The van der Waals surface area contributed by atoms with Gasteiger partial charge in [0.2, 0.25) is 5.91 Å². The Morgan fingerprint density at radius 3 is 2.18 bits per heavy atom. The van der Waals surface area contributed by atoms with Crippen LogP contribution in [0.25, 0.3) is 0 Å². The minimum Gasteiger partial charge on any atom is -0.497 e. The maximum atomic E-state index is 14.0. The molecule has 0 saturated carbocycles. The van der Waals surface area contributed by atoms with Gasteiger partial charge in [-0.3, -0.25) is 14.1 Å². The van der Waals surface area contributed by atoms with Crippen LogP contribution in [0, 0.1) is 20.8 Å². The van der Waals surface area contributed by atoms with Crippen molar-refractivity contribution < 1.29 is 22.7 Å². The molecule has 9 heteroatoms. The number of hydrogen-bond acceptors (Lipinski definition) is 6. The van der Waals surface area contributed by atoms with Gasteiger partial charge in [-0.2, -0.15) is 0 Å². The maximum absolute atomic E-state index is 14.0. The van der Waals surface area contributed by atoms with E-state index in [2.05, 4.69) is 10.3 Å².